The summed E-state index contributed by atoms with van der Waals surface area (Å²) in [7, 11) is -0.196. The zero-order valence-corrected chi connectivity index (χ0v) is 20.0. The second-order valence-corrected chi connectivity index (χ2v) is 12.4. The van der Waals surface area contributed by atoms with Crippen molar-refractivity contribution < 1.29 is 9.53 Å². The van der Waals surface area contributed by atoms with Crippen LogP contribution in [0.15, 0.2) is 93.5 Å². The molecule has 7 rings (SSSR count). The van der Waals surface area contributed by atoms with Crippen LogP contribution in [0.25, 0.3) is 0 Å². The molecule has 3 heteroatoms. The Bertz CT molecular complexity index is 1080. The molecule has 0 atom stereocenters. The maximum atomic E-state index is 13.4. The molecule has 4 aliphatic carbocycles. The summed E-state index contributed by atoms with van der Waals surface area (Å²) in [4.78, 5) is 17.3. The highest BCUT2D eigenvalue weighted by Crippen LogP contribution is 2.60. The zero-order valence-electron chi connectivity index (χ0n) is 19.2. The summed E-state index contributed by atoms with van der Waals surface area (Å²) < 4.78 is 6.09. The van der Waals surface area contributed by atoms with Gasteiger partial charge in [0, 0.05) is 5.56 Å². The van der Waals surface area contributed by atoms with Crippen LogP contribution >= 0.6 is 0 Å². The van der Waals surface area contributed by atoms with Gasteiger partial charge in [0.15, 0.2) is 14.7 Å². The van der Waals surface area contributed by atoms with Gasteiger partial charge in [0.05, 0.1) is 16.3 Å². The summed E-state index contributed by atoms with van der Waals surface area (Å²) in [5.41, 5.74) is 0.946. The first-order chi connectivity index (χ1) is 16.1. The molecule has 0 N–H and O–H groups in total. The van der Waals surface area contributed by atoms with Crippen LogP contribution in [0.1, 0.15) is 44.1 Å². The highest BCUT2D eigenvalue weighted by molar-refractivity contribution is 7.97. The molecule has 4 fully saturated rings. The molecule has 0 heterocycles. The summed E-state index contributed by atoms with van der Waals surface area (Å²) in [5, 5.41) is 0. The lowest BCUT2D eigenvalue weighted by Crippen LogP contribution is -2.51. The second-order valence-electron chi connectivity index (χ2n) is 10.4. The number of carbonyl (C=O) groups excluding carboxylic acids is 1. The minimum absolute atomic E-state index is 0.0267. The summed E-state index contributed by atoms with van der Waals surface area (Å²) in [6.45, 7) is 2.14. The number of hydrogen-bond acceptors (Lipinski definition) is 2. The standard InChI is InChI=1S/C30H31O2S/c1-21-14-25(32-29(31)30-18-22-15-23(19-30)17-24(16-22)20-30)12-13-28(21)33(26-8-4-2-5-9-26)27-10-6-3-7-11-27/h2-14,22-24H,15-20H2,1H3/q+1. The molecule has 0 amide bonds. The number of benzene rings is 3. The SMILES string of the molecule is Cc1cc(OC(=O)C23CC4CC(CC(C4)C2)C3)ccc1[S+](c1ccccc1)c1ccccc1. The molecule has 0 spiro atoms. The Morgan fingerprint density at radius 2 is 1.30 bits per heavy atom. The fourth-order valence-corrected chi connectivity index (χ4v) is 9.22. The molecule has 33 heavy (non-hydrogen) atoms. The lowest BCUT2D eigenvalue weighted by Gasteiger charge is -2.55. The van der Waals surface area contributed by atoms with Gasteiger partial charge in [0.1, 0.15) is 5.75 Å². The predicted molar refractivity (Wildman–Crippen MR) is 132 cm³/mol. The molecule has 2 nitrogen and oxygen atoms in total. The number of carbonyl (C=O) groups is 1. The molecule has 4 aliphatic rings. The van der Waals surface area contributed by atoms with E-state index in [-0.39, 0.29) is 22.3 Å². The highest BCUT2D eigenvalue weighted by atomic mass is 32.2. The van der Waals surface area contributed by atoms with Crippen LogP contribution in [0.5, 0.6) is 5.75 Å². The van der Waals surface area contributed by atoms with Gasteiger partial charge in [-0.15, -0.1) is 0 Å². The largest absolute Gasteiger partial charge is 0.426 e. The summed E-state index contributed by atoms with van der Waals surface area (Å²) in [6.07, 6.45) is 7.13. The first kappa shape index (κ1) is 21.0. The molecule has 3 aromatic rings. The van der Waals surface area contributed by atoms with E-state index in [0.717, 1.165) is 37.0 Å². The Labute approximate surface area is 199 Å². The fourth-order valence-electron chi connectivity index (χ4n) is 6.99. The monoisotopic (exact) mass is 455 g/mol. The Morgan fingerprint density at radius 1 is 0.788 bits per heavy atom. The van der Waals surface area contributed by atoms with Crippen LogP contribution in [0, 0.1) is 30.1 Å². The van der Waals surface area contributed by atoms with Crippen molar-refractivity contribution in [2.24, 2.45) is 23.2 Å². The van der Waals surface area contributed by atoms with Crippen molar-refractivity contribution in [2.75, 3.05) is 0 Å². The van der Waals surface area contributed by atoms with Crippen LogP contribution in [0.4, 0.5) is 0 Å². The van der Waals surface area contributed by atoms with Crippen molar-refractivity contribution in [3.63, 3.8) is 0 Å². The van der Waals surface area contributed by atoms with Gasteiger partial charge in [-0.2, -0.15) is 0 Å². The predicted octanol–water partition coefficient (Wildman–Crippen LogP) is 7.21. The van der Waals surface area contributed by atoms with E-state index in [9.17, 15) is 4.79 Å². The minimum Gasteiger partial charge on any atom is -0.426 e. The lowest BCUT2D eigenvalue weighted by atomic mass is 9.49. The van der Waals surface area contributed by atoms with Gasteiger partial charge in [0.25, 0.3) is 0 Å². The van der Waals surface area contributed by atoms with E-state index < -0.39 is 0 Å². The van der Waals surface area contributed by atoms with Crippen LogP contribution in [0.2, 0.25) is 0 Å². The zero-order chi connectivity index (χ0) is 22.4. The third kappa shape index (κ3) is 3.91. The molecule has 0 aliphatic heterocycles. The van der Waals surface area contributed by atoms with Crippen molar-refractivity contribution in [3.8, 4) is 5.75 Å². The Balaban J connectivity index is 1.28. The van der Waals surface area contributed by atoms with E-state index >= 15 is 0 Å². The number of esters is 1. The Kier molecular flexibility index (Phi) is 5.33. The van der Waals surface area contributed by atoms with E-state index in [0.29, 0.717) is 5.75 Å². The second kappa shape index (κ2) is 8.36. The van der Waals surface area contributed by atoms with Gasteiger partial charge >= 0.3 is 5.97 Å². The first-order valence-corrected chi connectivity index (χ1v) is 13.5. The molecule has 4 saturated carbocycles. The molecule has 4 bridgehead atoms. The van der Waals surface area contributed by atoms with Gasteiger partial charge in [-0.3, -0.25) is 4.79 Å². The molecule has 0 aromatic heterocycles. The van der Waals surface area contributed by atoms with Crippen molar-refractivity contribution in [1.29, 1.82) is 0 Å². The Hall–Kier alpha value is -2.52. The van der Waals surface area contributed by atoms with E-state index in [2.05, 4.69) is 79.7 Å². The number of rotatable bonds is 5. The third-order valence-corrected chi connectivity index (χ3v) is 10.4. The van der Waals surface area contributed by atoms with E-state index in [1.807, 2.05) is 6.07 Å². The van der Waals surface area contributed by atoms with Gasteiger partial charge in [-0.1, -0.05) is 36.4 Å². The van der Waals surface area contributed by atoms with Crippen LogP contribution in [-0.2, 0) is 15.7 Å². The molecular weight excluding hydrogens is 424 g/mol. The average molecular weight is 456 g/mol. The number of hydrogen-bond donors (Lipinski definition) is 0. The summed E-state index contributed by atoms with van der Waals surface area (Å²) >= 11 is 0. The molecule has 0 unspecified atom stereocenters. The number of ether oxygens (including phenoxy) is 1. The molecule has 0 saturated heterocycles. The van der Waals surface area contributed by atoms with Crippen molar-refractivity contribution in [2.45, 2.75) is 60.1 Å². The van der Waals surface area contributed by atoms with Gasteiger partial charge in [0.2, 0.25) is 0 Å². The van der Waals surface area contributed by atoms with E-state index in [1.165, 1.54) is 39.5 Å². The van der Waals surface area contributed by atoms with Gasteiger partial charge in [-0.25, -0.2) is 0 Å². The topological polar surface area (TPSA) is 26.3 Å². The summed E-state index contributed by atoms with van der Waals surface area (Å²) in [5.74, 6) is 2.95. The van der Waals surface area contributed by atoms with Crippen LogP contribution in [-0.4, -0.2) is 5.97 Å². The van der Waals surface area contributed by atoms with E-state index in [1.54, 1.807) is 0 Å². The van der Waals surface area contributed by atoms with Crippen molar-refractivity contribution in [3.05, 3.63) is 84.4 Å². The minimum atomic E-state index is -0.223. The van der Waals surface area contributed by atoms with E-state index in [4.69, 9.17) is 4.74 Å². The van der Waals surface area contributed by atoms with Crippen LogP contribution < -0.4 is 4.74 Å². The fraction of sp³-hybridized carbons (Fsp3) is 0.367. The third-order valence-electron chi connectivity index (χ3n) is 8.01. The van der Waals surface area contributed by atoms with Gasteiger partial charge < -0.3 is 4.74 Å². The number of aryl methyl sites for hydroxylation is 1. The van der Waals surface area contributed by atoms with Crippen molar-refractivity contribution >= 4 is 16.9 Å². The molecule has 168 valence electrons. The smallest absolute Gasteiger partial charge is 0.317 e. The lowest BCUT2D eigenvalue weighted by molar-refractivity contribution is -0.161. The quantitative estimate of drug-likeness (QED) is 0.231. The highest BCUT2D eigenvalue weighted by Gasteiger charge is 2.55. The molecule has 0 radical (unpaired) electrons. The Morgan fingerprint density at radius 3 is 1.79 bits per heavy atom. The van der Waals surface area contributed by atoms with Crippen molar-refractivity contribution in [1.82, 2.24) is 0 Å². The van der Waals surface area contributed by atoms with Gasteiger partial charge in [-0.05, 0) is 106 Å². The van der Waals surface area contributed by atoms with Crippen LogP contribution in [0.3, 0.4) is 0 Å². The normalized spacial score (nSPS) is 27.6. The summed E-state index contributed by atoms with van der Waals surface area (Å²) in [6, 6.07) is 27.6. The first-order valence-electron chi connectivity index (χ1n) is 12.3. The molecule has 3 aromatic carbocycles. The maximum absolute atomic E-state index is 13.4. The maximum Gasteiger partial charge on any atom is 0.317 e. The average Bonchev–Trinajstić information content (AvgIpc) is 2.81. The molecular formula is C30H31O2S+.